The summed E-state index contributed by atoms with van der Waals surface area (Å²) in [5.74, 6) is 0.652. The van der Waals surface area contributed by atoms with Crippen LogP contribution in [0.3, 0.4) is 0 Å². The van der Waals surface area contributed by atoms with Crippen LogP contribution < -0.4 is 4.74 Å². The summed E-state index contributed by atoms with van der Waals surface area (Å²) in [4.78, 5) is 9.90. The molecule has 0 bridgehead atoms. The van der Waals surface area contributed by atoms with E-state index in [1.54, 1.807) is 20.0 Å². The fraction of sp³-hybridized carbons (Fsp3) is 0.318. The first kappa shape index (κ1) is 21.2. The Morgan fingerprint density at radius 1 is 1.03 bits per heavy atom. The van der Waals surface area contributed by atoms with Crippen molar-refractivity contribution in [3.05, 3.63) is 65.4 Å². The molecule has 29 heavy (non-hydrogen) atoms. The molecule has 0 N–H and O–H groups in total. The highest BCUT2D eigenvalue weighted by molar-refractivity contribution is 7.89. The SMILES string of the molecule is CON([C@@H](C)COc1cccc2ncccc12)S(=O)(=O)c1c(C)ccc(C)c1C. The normalized spacial score (nSPS) is 13.0. The van der Waals surface area contributed by atoms with Crippen LogP contribution in [0, 0.1) is 20.8 Å². The van der Waals surface area contributed by atoms with Gasteiger partial charge in [0.15, 0.2) is 0 Å². The van der Waals surface area contributed by atoms with E-state index in [9.17, 15) is 8.42 Å². The maximum Gasteiger partial charge on any atom is 0.265 e. The quantitative estimate of drug-likeness (QED) is 0.543. The number of nitrogens with zero attached hydrogens (tertiary/aromatic N) is 2. The van der Waals surface area contributed by atoms with Gasteiger partial charge in [0.25, 0.3) is 10.0 Å². The van der Waals surface area contributed by atoms with E-state index in [4.69, 9.17) is 9.57 Å². The minimum atomic E-state index is -3.86. The minimum absolute atomic E-state index is 0.130. The zero-order valence-corrected chi connectivity index (χ0v) is 18.2. The number of benzene rings is 2. The van der Waals surface area contributed by atoms with Crippen LogP contribution in [-0.4, -0.2) is 37.6 Å². The minimum Gasteiger partial charge on any atom is -0.491 e. The van der Waals surface area contributed by atoms with Gasteiger partial charge in [-0.15, -0.1) is 0 Å². The molecule has 7 heteroatoms. The van der Waals surface area contributed by atoms with Crippen molar-refractivity contribution in [3.63, 3.8) is 0 Å². The summed E-state index contributed by atoms with van der Waals surface area (Å²) in [5.41, 5.74) is 3.14. The summed E-state index contributed by atoms with van der Waals surface area (Å²) in [7, 11) is -2.50. The number of hydroxylamine groups is 1. The van der Waals surface area contributed by atoms with E-state index in [-0.39, 0.29) is 11.5 Å². The van der Waals surface area contributed by atoms with Crippen molar-refractivity contribution in [3.8, 4) is 5.75 Å². The Morgan fingerprint density at radius 2 is 1.76 bits per heavy atom. The second-order valence-electron chi connectivity index (χ2n) is 7.08. The van der Waals surface area contributed by atoms with Crippen LogP contribution in [0.5, 0.6) is 5.75 Å². The number of sulfonamides is 1. The van der Waals surface area contributed by atoms with Gasteiger partial charge >= 0.3 is 0 Å². The van der Waals surface area contributed by atoms with Crippen LogP contribution >= 0.6 is 0 Å². The van der Waals surface area contributed by atoms with Gasteiger partial charge in [0.05, 0.1) is 23.6 Å². The van der Waals surface area contributed by atoms with E-state index in [0.717, 1.165) is 26.5 Å². The molecule has 0 radical (unpaired) electrons. The third-order valence-electron chi connectivity index (χ3n) is 4.99. The average molecular weight is 415 g/mol. The Morgan fingerprint density at radius 3 is 2.48 bits per heavy atom. The first-order valence-electron chi connectivity index (χ1n) is 9.39. The summed E-state index contributed by atoms with van der Waals surface area (Å²) < 4.78 is 33.7. The highest BCUT2D eigenvalue weighted by atomic mass is 32.2. The molecule has 1 heterocycles. The monoisotopic (exact) mass is 414 g/mol. The summed E-state index contributed by atoms with van der Waals surface area (Å²) in [5, 5.41) is 0.874. The van der Waals surface area contributed by atoms with Crippen molar-refractivity contribution in [2.45, 2.75) is 38.6 Å². The molecule has 0 spiro atoms. The fourth-order valence-corrected chi connectivity index (χ4v) is 5.33. The molecule has 0 unspecified atom stereocenters. The lowest BCUT2D eigenvalue weighted by molar-refractivity contribution is -0.0846. The molecule has 0 fully saturated rings. The number of pyridine rings is 1. The second-order valence-corrected chi connectivity index (χ2v) is 8.80. The number of rotatable bonds is 7. The van der Waals surface area contributed by atoms with Gasteiger partial charge in [-0.3, -0.25) is 9.82 Å². The van der Waals surface area contributed by atoms with Crippen LogP contribution in [0.4, 0.5) is 0 Å². The lowest BCUT2D eigenvalue weighted by Gasteiger charge is -2.27. The maximum atomic E-state index is 13.4. The first-order chi connectivity index (χ1) is 13.8. The van der Waals surface area contributed by atoms with E-state index in [1.165, 1.54) is 7.11 Å². The number of aryl methyl sites for hydroxylation is 2. The van der Waals surface area contributed by atoms with Crippen LogP contribution in [0.25, 0.3) is 10.9 Å². The van der Waals surface area contributed by atoms with Crippen molar-refractivity contribution < 1.29 is 18.0 Å². The predicted octanol–water partition coefficient (Wildman–Crippen LogP) is 4.18. The molecule has 0 aliphatic rings. The zero-order valence-electron chi connectivity index (χ0n) is 17.3. The molecule has 0 aliphatic heterocycles. The molecule has 1 aromatic heterocycles. The molecule has 0 saturated carbocycles. The molecule has 0 aliphatic carbocycles. The van der Waals surface area contributed by atoms with Crippen LogP contribution in [0.2, 0.25) is 0 Å². The summed E-state index contributed by atoms with van der Waals surface area (Å²) in [6.07, 6.45) is 1.72. The molecule has 3 aromatic rings. The van der Waals surface area contributed by atoms with Gasteiger partial charge in [-0.1, -0.05) is 22.7 Å². The Kier molecular flexibility index (Phi) is 6.21. The second kappa shape index (κ2) is 8.49. The van der Waals surface area contributed by atoms with E-state index in [0.29, 0.717) is 11.3 Å². The predicted molar refractivity (Wildman–Crippen MR) is 113 cm³/mol. The standard InChI is InChI=1S/C22H26N2O4S/c1-15-11-12-16(2)22(18(15)4)29(25,26)24(27-5)17(3)14-28-21-10-6-9-20-19(21)8-7-13-23-20/h6-13,17H,14H2,1-5H3/t17-/m0/s1. The third-order valence-corrected chi connectivity index (χ3v) is 7.12. The highest BCUT2D eigenvalue weighted by Gasteiger charge is 2.33. The van der Waals surface area contributed by atoms with Crippen molar-refractivity contribution in [2.75, 3.05) is 13.7 Å². The van der Waals surface area contributed by atoms with Gasteiger partial charge < -0.3 is 4.74 Å². The molecule has 2 aromatic carbocycles. The molecule has 154 valence electrons. The fourth-order valence-electron chi connectivity index (χ4n) is 3.40. The van der Waals surface area contributed by atoms with Crippen molar-refractivity contribution >= 4 is 20.9 Å². The van der Waals surface area contributed by atoms with Crippen LogP contribution in [0.1, 0.15) is 23.6 Å². The smallest absolute Gasteiger partial charge is 0.265 e. The molecule has 0 saturated heterocycles. The summed E-state index contributed by atoms with van der Waals surface area (Å²) >= 11 is 0. The number of fused-ring (bicyclic) bond motifs is 1. The lowest BCUT2D eigenvalue weighted by Crippen LogP contribution is -2.41. The molecule has 1 atom stereocenters. The molecule has 0 amide bonds. The number of hydrogen-bond donors (Lipinski definition) is 0. The largest absolute Gasteiger partial charge is 0.491 e. The molecular weight excluding hydrogens is 388 g/mol. The Bertz CT molecular complexity index is 1120. The number of aromatic nitrogens is 1. The molecule has 6 nitrogen and oxygen atoms in total. The number of ether oxygens (including phenoxy) is 1. The zero-order chi connectivity index (χ0) is 21.2. The number of hydrogen-bond acceptors (Lipinski definition) is 5. The summed E-state index contributed by atoms with van der Waals surface area (Å²) in [6.45, 7) is 7.38. The molecule has 3 rings (SSSR count). The van der Waals surface area contributed by atoms with Crippen molar-refractivity contribution in [1.82, 2.24) is 9.45 Å². The van der Waals surface area contributed by atoms with Gasteiger partial charge in [0.1, 0.15) is 12.4 Å². The van der Waals surface area contributed by atoms with Gasteiger partial charge in [-0.25, -0.2) is 8.42 Å². The van der Waals surface area contributed by atoms with E-state index in [2.05, 4.69) is 4.98 Å². The Hall–Kier alpha value is -2.48. The third kappa shape index (κ3) is 4.12. The van der Waals surface area contributed by atoms with E-state index < -0.39 is 16.1 Å². The van der Waals surface area contributed by atoms with Gasteiger partial charge in [0.2, 0.25) is 0 Å². The van der Waals surface area contributed by atoms with Crippen LogP contribution in [0.15, 0.2) is 53.6 Å². The highest BCUT2D eigenvalue weighted by Crippen LogP contribution is 2.28. The van der Waals surface area contributed by atoms with Gasteiger partial charge in [-0.2, -0.15) is 0 Å². The van der Waals surface area contributed by atoms with E-state index in [1.807, 2.05) is 56.3 Å². The van der Waals surface area contributed by atoms with Crippen molar-refractivity contribution in [1.29, 1.82) is 0 Å². The Balaban J connectivity index is 1.87. The lowest BCUT2D eigenvalue weighted by atomic mass is 10.1. The van der Waals surface area contributed by atoms with E-state index >= 15 is 0 Å². The Labute approximate surface area is 172 Å². The maximum absolute atomic E-state index is 13.4. The average Bonchev–Trinajstić information content (AvgIpc) is 2.69. The van der Waals surface area contributed by atoms with Crippen molar-refractivity contribution in [2.24, 2.45) is 0 Å². The summed E-state index contributed by atoms with van der Waals surface area (Å²) in [6, 6.07) is 12.6. The first-order valence-corrected chi connectivity index (χ1v) is 10.8. The molecular formula is C22H26N2O4S. The van der Waals surface area contributed by atoms with Gasteiger partial charge in [0, 0.05) is 11.6 Å². The topological polar surface area (TPSA) is 68.7 Å². The van der Waals surface area contributed by atoms with Gasteiger partial charge in [-0.05, 0) is 68.7 Å². The van der Waals surface area contributed by atoms with Crippen LogP contribution in [-0.2, 0) is 14.9 Å².